The van der Waals surface area contributed by atoms with Crippen LogP contribution in [0.2, 0.25) is 0 Å². The normalized spacial score (nSPS) is 11.2. The van der Waals surface area contributed by atoms with Crippen LogP contribution in [-0.2, 0) is 4.74 Å². The molecule has 27 heavy (non-hydrogen) atoms. The molecular weight excluding hydrogens is 358 g/mol. The number of rotatable bonds is 6. The first-order valence-corrected chi connectivity index (χ1v) is 8.18. The summed E-state index contributed by atoms with van der Waals surface area (Å²) in [5, 5.41) is 4.65. The van der Waals surface area contributed by atoms with Crippen LogP contribution in [0.1, 0.15) is 23.9 Å². The average Bonchev–Trinajstić information content (AvgIpc) is 2.97. The third kappa shape index (κ3) is 3.67. The van der Waals surface area contributed by atoms with E-state index >= 15 is 0 Å². The summed E-state index contributed by atoms with van der Waals surface area (Å²) >= 11 is 0. The lowest BCUT2D eigenvalue weighted by Gasteiger charge is -2.12. The van der Waals surface area contributed by atoms with Gasteiger partial charge in [0, 0.05) is 6.20 Å². The van der Waals surface area contributed by atoms with E-state index in [0.717, 1.165) is 0 Å². The van der Waals surface area contributed by atoms with Crippen molar-refractivity contribution in [2.24, 2.45) is 0 Å². The Bertz CT molecular complexity index is 1050. The lowest BCUT2D eigenvalue weighted by atomic mass is 10.1. The van der Waals surface area contributed by atoms with E-state index in [2.05, 4.69) is 26.4 Å². The first-order valence-electron chi connectivity index (χ1n) is 8.18. The van der Waals surface area contributed by atoms with Crippen LogP contribution in [0.5, 0.6) is 5.75 Å². The maximum absolute atomic E-state index is 12.4. The number of nitrogens with zero attached hydrogens (tertiary/aromatic N) is 3. The minimum Gasteiger partial charge on any atom is -0.491 e. The number of hydrogen-bond acceptors (Lipinski definition) is 5. The molecule has 1 N–H and O–H groups in total. The Labute approximate surface area is 153 Å². The Hall–Kier alpha value is -3.23. The Balaban J connectivity index is 2.09. The fourth-order valence-corrected chi connectivity index (χ4v) is 2.85. The Morgan fingerprint density at radius 1 is 1.33 bits per heavy atom. The maximum atomic E-state index is 12.4. The van der Waals surface area contributed by atoms with Crippen LogP contribution < -0.4 is 10.3 Å². The van der Waals surface area contributed by atoms with Crippen molar-refractivity contribution in [2.45, 2.75) is 27.4 Å². The van der Waals surface area contributed by atoms with E-state index in [1.807, 2.05) is 0 Å². The van der Waals surface area contributed by atoms with Crippen LogP contribution in [0.15, 0.2) is 29.7 Å². The number of alkyl halides is 2. The molecule has 2 heterocycles. The molecule has 0 radical (unpaired) electrons. The van der Waals surface area contributed by atoms with E-state index in [9.17, 15) is 13.6 Å². The highest BCUT2D eigenvalue weighted by molar-refractivity contribution is 5.75. The highest BCUT2D eigenvalue weighted by Gasteiger charge is 2.16. The number of hydrogen-bond donors (Lipinski definition) is 1. The molecule has 0 fully saturated rings. The SMILES string of the molecule is C=C(OCC)c1nc2nn(-c3c(C)cc(OC(F)F)cc3C)cc2c(=O)[nH]1. The molecule has 0 aliphatic carbocycles. The lowest BCUT2D eigenvalue weighted by molar-refractivity contribution is -0.0498. The smallest absolute Gasteiger partial charge is 0.387 e. The van der Waals surface area contributed by atoms with Crippen molar-refractivity contribution in [3.05, 3.63) is 52.2 Å². The number of halogens is 2. The highest BCUT2D eigenvalue weighted by Crippen LogP contribution is 2.26. The third-order valence-electron chi connectivity index (χ3n) is 3.89. The zero-order chi connectivity index (χ0) is 19.7. The van der Waals surface area contributed by atoms with Crippen LogP contribution in [0.4, 0.5) is 8.78 Å². The molecule has 2 aromatic heterocycles. The molecule has 0 aliphatic heterocycles. The van der Waals surface area contributed by atoms with Crippen LogP contribution in [0, 0.1) is 13.8 Å². The molecule has 1 aromatic carbocycles. The fourth-order valence-electron chi connectivity index (χ4n) is 2.85. The van der Waals surface area contributed by atoms with Gasteiger partial charge in [0.25, 0.3) is 5.56 Å². The standard InChI is InChI=1S/C18H18F2N4O3/c1-5-26-11(4)15-21-16-13(17(25)22-15)8-24(23-16)14-9(2)6-12(7-10(14)3)27-18(19)20/h6-8,18H,4-5H2,1-3H3,(H,21,22,23,25). The van der Waals surface area contributed by atoms with Gasteiger partial charge in [-0.15, -0.1) is 5.10 Å². The summed E-state index contributed by atoms with van der Waals surface area (Å²) in [6.07, 6.45) is 1.54. The van der Waals surface area contributed by atoms with Gasteiger partial charge in [0.1, 0.15) is 11.1 Å². The van der Waals surface area contributed by atoms with Crippen molar-refractivity contribution in [3.63, 3.8) is 0 Å². The molecule has 0 saturated carbocycles. The van der Waals surface area contributed by atoms with Crippen molar-refractivity contribution >= 4 is 16.8 Å². The molecule has 3 aromatic rings. The monoisotopic (exact) mass is 376 g/mol. The van der Waals surface area contributed by atoms with E-state index in [-0.39, 0.29) is 33.9 Å². The van der Waals surface area contributed by atoms with Gasteiger partial charge >= 0.3 is 6.61 Å². The Morgan fingerprint density at radius 2 is 2.00 bits per heavy atom. The number of aromatic nitrogens is 4. The number of nitrogens with one attached hydrogen (secondary N) is 1. The molecule has 3 rings (SSSR count). The zero-order valence-electron chi connectivity index (χ0n) is 15.0. The number of benzene rings is 1. The van der Waals surface area contributed by atoms with Crippen LogP contribution in [-0.4, -0.2) is 33.0 Å². The molecule has 7 nitrogen and oxygen atoms in total. The molecule has 0 unspecified atom stereocenters. The summed E-state index contributed by atoms with van der Waals surface area (Å²) < 4.78 is 36.1. The van der Waals surface area contributed by atoms with Crippen molar-refractivity contribution < 1.29 is 18.3 Å². The minimum absolute atomic E-state index is 0.0618. The summed E-state index contributed by atoms with van der Waals surface area (Å²) in [5.74, 6) is 0.507. The predicted octanol–water partition coefficient (Wildman–Crippen LogP) is 3.33. The molecule has 0 saturated heterocycles. The first-order chi connectivity index (χ1) is 12.8. The van der Waals surface area contributed by atoms with Crippen LogP contribution in [0.25, 0.3) is 22.5 Å². The van der Waals surface area contributed by atoms with E-state index in [4.69, 9.17) is 4.74 Å². The minimum atomic E-state index is -2.90. The van der Waals surface area contributed by atoms with Crippen molar-refractivity contribution in [1.82, 2.24) is 19.7 Å². The number of aromatic amines is 1. The molecular formula is C18H18F2N4O3. The third-order valence-corrected chi connectivity index (χ3v) is 3.89. The van der Waals surface area contributed by atoms with E-state index in [0.29, 0.717) is 23.4 Å². The van der Waals surface area contributed by atoms with Gasteiger partial charge in [-0.25, -0.2) is 9.67 Å². The number of ether oxygens (including phenoxy) is 2. The Morgan fingerprint density at radius 3 is 2.59 bits per heavy atom. The predicted molar refractivity (Wildman–Crippen MR) is 96.3 cm³/mol. The summed E-state index contributed by atoms with van der Waals surface area (Å²) in [7, 11) is 0. The second kappa shape index (κ2) is 7.18. The average molecular weight is 376 g/mol. The largest absolute Gasteiger partial charge is 0.491 e. The van der Waals surface area contributed by atoms with E-state index < -0.39 is 6.61 Å². The van der Waals surface area contributed by atoms with Crippen LogP contribution >= 0.6 is 0 Å². The number of fused-ring (bicyclic) bond motifs is 1. The van der Waals surface area contributed by atoms with Crippen molar-refractivity contribution in [3.8, 4) is 11.4 Å². The summed E-state index contributed by atoms with van der Waals surface area (Å²) in [6, 6.07) is 2.97. The molecule has 0 bridgehead atoms. The van der Waals surface area contributed by atoms with Gasteiger partial charge in [-0.05, 0) is 44.0 Å². The molecule has 9 heteroatoms. The van der Waals surface area contributed by atoms with Crippen LogP contribution in [0.3, 0.4) is 0 Å². The maximum Gasteiger partial charge on any atom is 0.387 e. The van der Waals surface area contributed by atoms with Gasteiger partial charge in [0.2, 0.25) is 0 Å². The summed E-state index contributed by atoms with van der Waals surface area (Å²) in [4.78, 5) is 19.2. The lowest BCUT2D eigenvalue weighted by Crippen LogP contribution is -2.11. The van der Waals surface area contributed by atoms with Crippen molar-refractivity contribution in [1.29, 1.82) is 0 Å². The van der Waals surface area contributed by atoms with Crippen molar-refractivity contribution in [2.75, 3.05) is 6.61 Å². The van der Waals surface area contributed by atoms with Gasteiger partial charge < -0.3 is 14.5 Å². The summed E-state index contributed by atoms with van der Waals surface area (Å²) in [5.41, 5.74) is 1.82. The first kappa shape index (κ1) is 18.6. The van der Waals surface area contributed by atoms with Gasteiger partial charge in [0.05, 0.1) is 12.3 Å². The topological polar surface area (TPSA) is 82.0 Å². The Kier molecular flexibility index (Phi) is 4.93. The second-order valence-electron chi connectivity index (χ2n) is 5.87. The van der Waals surface area contributed by atoms with Gasteiger partial charge in [-0.1, -0.05) is 6.58 Å². The number of H-pyrrole nitrogens is 1. The van der Waals surface area contributed by atoms with E-state index in [1.54, 1.807) is 20.8 Å². The molecule has 0 aliphatic rings. The molecule has 0 amide bonds. The summed E-state index contributed by atoms with van der Waals surface area (Å²) in [6.45, 7) is 6.49. The van der Waals surface area contributed by atoms with Gasteiger partial charge in [0.15, 0.2) is 17.2 Å². The van der Waals surface area contributed by atoms with E-state index in [1.165, 1.54) is 23.0 Å². The van der Waals surface area contributed by atoms with Gasteiger partial charge in [-0.2, -0.15) is 8.78 Å². The second-order valence-corrected chi connectivity index (χ2v) is 5.87. The molecule has 0 spiro atoms. The zero-order valence-corrected chi connectivity index (χ0v) is 15.0. The molecule has 0 atom stereocenters. The fraction of sp³-hybridized carbons (Fsp3) is 0.278. The number of aryl methyl sites for hydroxylation is 2. The quantitative estimate of drug-likeness (QED) is 0.668. The van der Waals surface area contributed by atoms with Gasteiger partial charge in [-0.3, -0.25) is 4.79 Å². The highest BCUT2D eigenvalue weighted by atomic mass is 19.3. The molecule has 142 valence electrons.